The summed E-state index contributed by atoms with van der Waals surface area (Å²) < 4.78 is 61.4. The van der Waals surface area contributed by atoms with E-state index in [9.17, 15) is 32.3 Å². The van der Waals surface area contributed by atoms with E-state index in [1.54, 1.807) is 26.8 Å². The third-order valence-electron chi connectivity index (χ3n) is 6.39. The van der Waals surface area contributed by atoms with E-state index in [0.717, 1.165) is 30.0 Å². The number of halogens is 4. The normalized spacial score (nSPS) is 14.4. The molecule has 3 aromatic rings. The Bertz CT molecular complexity index is 1410. The van der Waals surface area contributed by atoms with Crippen LogP contribution in [0.4, 0.5) is 28.0 Å². The van der Waals surface area contributed by atoms with Crippen LogP contribution in [0, 0.1) is 11.7 Å². The van der Waals surface area contributed by atoms with Crippen LogP contribution in [-0.2, 0) is 17.5 Å². The predicted molar refractivity (Wildman–Crippen MR) is 143 cm³/mol. The standard InChI is InChI=1S/C29H32F4N4O4/c1-28(2,3)41-27(40)34-16-18-5-4-6-20(13-18)37-23(15-25(36-37)29(31,32)33)26(39)35-22-14-19(10-11-21(22)30)24(38)12-9-17-7-8-17/h4-6,10-11,13-15,17,24,38H,7-9,12,16H2,1-3H3,(H,34,40)(H,35,39). The number of rotatable bonds is 9. The van der Waals surface area contributed by atoms with Crippen LogP contribution in [0.1, 0.15) is 79.9 Å². The number of carbonyl (C=O) groups excluding carboxylic acids is 2. The average Bonchev–Trinajstić information content (AvgIpc) is 3.60. The van der Waals surface area contributed by atoms with Gasteiger partial charge in [0, 0.05) is 12.6 Å². The fraction of sp³-hybridized carbons (Fsp3) is 0.414. The van der Waals surface area contributed by atoms with Crippen molar-refractivity contribution in [2.75, 3.05) is 5.32 Å². The van der Waals surface area contributed by atoms with Crippen LogP contribution < -0.4 is 10.6 Å². The number of alkyl halides is 3. The maximum atomic E-state index is 14.6. The van der Waals surface area contributed by atoms with Gasteiger partial charge in [-0.15, -0.1) is 0 Å². The molecule has 2 aromatic carbocycles. The van der Waals surface area contributed by atoms with Gasteiger partial charge in [0.15, 0.2) is 5.69 Å². The lowest BCUT2D eigenvalue weighted by Crippen LogP contribution is -2.32. The van der Waals surface area contributed by atoms with Gasteiger partial charge in [0.2, 0.25) is 0 Å². The molecule has 12 heteroatoms. The Hall–Kier alpha value is -3.93. The number of amides is 2. The Morgan fingerprint density at radius 2 is 1.85 bits per heavy atom. The van der Waals surface area contributed by atoms with Crippen molar-refractivity contribution in [2.24, 2.45) is 5.92 Å². The van der Waals surface area contributed by atoms with Crippen molar-refractivity contribution in [3.8, 4) is 5.69 Å². The number of ether oxygens (including phenoxy) is 1. The van der Waals surface area contributed by atoms with Crippen molar-refractivity contribution in [1.29, 1.82) is 0 Å². The van der Waals surface area contributed by atoms with E-state index in [2.05, 4.69) is 15.7 Å². The van der Waals surface area contributed by atoms with Gasteiger partial charge in [-0.3, -0.25) is 4.79 Å². The summed E-state index contributed by atoms with van der Waals surface area (Å²) in [6.45, 7) is 5.11. The number of hydrogen-bond donors (Lipinski definition) is 3. The zero-order chi connectivity index (χ0) is 29.9. The highest BCUT2D eigenvalue weighted by atomic mass is 19.4. The van der Waals surface area contributed by atoms with Gasteiger partial charge < -0.3 is 20.5 Å². The summed E-state index contributed by atoms with van der Waals surface area (Å²) in [6, 6.07) is 10.4. The number of hydrogen-bond acceptors (Lipinski definition) is 5. The van der Waals surface area contributed by atoms with Crippen molar-refractivity contribution in [3.05, 3.63) is 76.9 Å². The second kappa shape index (κ2) is 11.9. The minimum atomic E-state index is -4.85. The first-order valence-corrected chi connectivity index (χ1v) is 13.2. The predicted octanol–water partition coefficient (Wildman–Crippen LogP) is 6.53. The van der Waals surface area contributed by atoms with Crippen LogP contribution in [-0.4, -0.2) is 32.5 Å². The molecule has 2 amide bonds. The second-order valence-electron chi connectivity index (χ2n) is 11.1. The third kappa shape index (κ3) is 8.29. The van der Waals surface area contributed by atoms with Crippen LogP contribution in [0.15, 0.2) is 48.5 Å². The molecule has 8 nitrogen and oxygen atoms in total. The van der Waals surface area contributed by atoms with E-state index in [1.807, 2.05) is 0 Å². The molecule has 1 heterocycles. The van der Waals surface area contributed by atoms with E-state index in [4.69, 9.17) is 4.74 Å². The molecule has 0 spiro atoms. The molecule has 0 radical (unpaired) electrons. The summed E-state index contributed by atoms with van der Waals surface area (Å²) in [5.74, 6) is -1.26. The summed E-state index contributed by atoms with van der Waals surface area (Å²) in [6.07, 6.45) is -2.86. The summed E-state index contributed by atoms with van der Waals surface area (Å²) >= 11 is 0. The number of nitrogens with one attached hydrogen (secondary N) is 2. The van der Waals surface area contributed by atoms with Crippen molar-refractivity contribution in [2.45, 2.75) is 70.9 Å². The zero-order valence-corrected chi connectivity index (χ0v) is 22.9. The molecule has 3 N–H and O–H groups in total. The summed E-state index contributed by atoms with van der Waals surface area (Å²) in [7, 11) is 0. The van der Waals surface area contributed by atoms with Gasteiger partial charge in [-0.05, 0) is 74.9 Å². The lowest BCUT2D eigenvalue weighted by Gasteiger charge is -2.19. The van der Waals surface area contributed by atoms with Crippen molar-refractivity contribution in [3.63, 3.8) is 0 Å². The molecule has 1 atom stereocenters. The Morgan fingerprint density at radius 1 is 1.12 bits per heavy atom. The summed E-state index contributed by atoms with van der Waals surface area (Å²) in [5, 5.41) is 19.0. The molecule has 1 aromatic heterocycles. The molecule has 220 valence electrons. The van der Waals surface area contributed by atoms with E-state index >= 15 is 0 Å². The zero-order valence-electron chi connectivity index (χ0n) is 22.9. The van der Waals surface area contributed by atoms with Crippen LogP contribution in [0.3, 0.4) is 0 Å². The number of nitrogens with zero attached hydrogens (tertiary/aromatic N) is 2. The van der Waals surface area contributed by atoms with Gasteiger partial charge in [0.05, 0.1) is 17.5 Å². The molecule has 41 heavy (non-hydrogen) atoms. The summed E-state index contributed by atoms with van der Waals surface area (Å²) in [4.78, 5) is 25.2. The smallest absolute Gasteiger partial charge is 0.435 e. The largest absolute Gasteiger partial charge is 0.444 e. The SMILES string of the molecule is CC(C)(C)OC(=O)NCc1cccc(-n2nc(C(F)(F)F)cc2C(=O)Nc2cc(C(O)CCC3CC3)ccc2F)c1. The highest BCUT2D eigenvalue weighted by Crippen LogP contribution is 2.36. The van der Waals surface area contributed by atoms with Crippen LogP contribution in [0.25, 0.3) is 5.69 Å². The first-order chi connectivity index (χ1) is 19.2. The fourth-order valence-electron chi connectivity index (χ4n) is 4.16. The quantitative estimate of drug-likeness (QED) is 0.251. The second-order valence-corrected chi connectivity index (χ2v) is 11.1. The maximum absolute atomic E-state index is 14.6. The Kier molecular flexibility index (Phi) is 8.71. The number of aliphatic hydroxyl groups excluding tert-OH is 1. The first-order valence-electron chi connectivity index (χ1n) is 13.2. The number of carbonyl (C=O) groups is 2. The fourth-order valence-corrected chi connectivity index (χ4v) is 4.16. The molecular weight excluding hydrogens is 544 g/mol. The Labute approximate surface area is 234 Å². The molecule has 0 saturated heterocycles. The van der Waals surface area contributed by atoms with Gasteiger partial charge in [-0.2, -0.15) is 18.3 Å². The minimum absolute atomic E-state index is 0.00123. The van der Waals surface area contributed by atoms with Crippen molar-refractivity contribution in [1.82, 2.24) is 15.1 Å². The number of benzene rings is 2. The van der Waals surface area contributed by atoms with Crippen LogP contribution >= 0.6 is 0 Å². The number of aromatic nitrogens is 2. The molecular formula is C29H32F4N4O4. The minimum Gasteiger partial charge on any atom is -0.444 e. The highest BCUT2D eigenvalue weighted by Gasteiger charge is 2.36. The topological polar surface area (TPSA) is 105 Å². The number of anilines is 1. The molecule has 1 fully saturated rings. The van der Waals surface area contributed by atoms with Gasteiger partial charge in [0.1, 0.15) is 17.1 Å². The van der Waals surface area contributed by atoms with Crippen LogP contribution in [0.2, 0.25) is 0 Å². The third-order valence-corrected chi connectivity index (χ3v) is 6.39. The van der Waals surface area contributed by atoms with Crippen molar-refractivity contribution < 1.29 is 37.0 Å². The Morgan fingerprint density at radius 3 is 2.51 bits per heavy atom. The molecule has 1 saturated carbocycles. The highest BCUT2D eigenvalue weighted by molar-refractivity contribution is 6.03. The number of aliphatic hydroxyl groups is 1. The molecule has 0 bridgehead atoms. The molecule has 1 aliphatic rings. The van der Waals surface area contributed by atoms with Gasteiger partial charge in [-0.1, -0.05) is 31.0 Å². The summed E-state index contributed by atoms with van der Waals surface area (Å²) in [5.41, 5.74) is -1.81. The van der Waals surface area contributed by atoms with E-state index in [0.29, 0.717) is 29.5 Å². The van der Waals surface area contributed by atoms with E-state index in [1.165, 1.54) is 30.3 Å². The lowest BCUT2D eigenvalue weighted by molar-refractivity contribution is -0.141. The van der Waals surface area contributed by atoms with E-state index < -0.39 is 47.1 Å². The molecule has 1 unspecified atom stereocenters. The average molecular weight is 577 g/mol. The number of alkyl carbamates (subject to hydrolysis) is 1. The van der Waals surface area contributed by atoms with Crippen LogP contribution in [0.5, 0.6) is 0 Å². The molecule has 1 aliphatic carbocycles. The van der Waals surface area contributed by atoms with Crippen molar-refractivity contribution >= 4 is 17.7 Å². The first kappa shape index (κ1) is 30.0. The lowest BCUT2D eigenvalue weighted by atomic mass is 10.0. The monoisotopic (exact) mass is 576 g/mol. The Balaban J connectivity index is 1.57. The van der Waals surface area contributed by atoms with E-state index in [-0.39, 0.29) is 17.9 Å². The van der Waals surface area contributed by atoms with Gasteiger partial charge in [-0.25, -0.2) is 13.9 Å². The van der Waals surface area contributed by atoms with Gasteiger partial charge >= 0.3 is 12.3 Å². The van der Waals surface area contributed by atoms with Gasteiger partial charge in [0.25, 0.3) is 5.91 Å². The molecule has 0 aliphatic heterocycles. The maximum Gasteiger partial charge on any atom is 0.435 e. The molecule has 4 rings (SSSR count).